The van der Waals surface area contributed by atoms with Crippen molar-refractivity contribution in [3.05, 3.63) is 107 Å². The highest BCUT2D eigenvalue weighted by atomic mass is 19.4. The Morgan fingerprint density at radius 2 is 1.81 bits per heavy atom. The van der Waals surface area contributed by atoms with Crippen LogP contribution in [0, 0.1) is 22.9 Å². The second kappa shape index (κ2) is 11.3. The first kappa shape index (κ1) is 28.8. The molecule has 0 unspecified atom stereocenters. The van der Waals surface area contributed by atoms with Gasteiger partial charge in [-0.1, -0.05) is 12.1 Å². The molecule has 1 aliphatic carbocycles. The molecule has 1 aliphatic rings. The number of nitrogens with zero attached hydrogens (tertiary/aromatic N) is 3. The molecule has 0 saturated heterocycles. The van der Waals surface area contributed by atoms with E-state index in [1.165, 1.54) is 18.3 Å². The Morgan fingerprint density at radius 1 is 1.10 bits per heavy atom. The summed E-state index contributed by atoms with van der Waals surface area (Å²) in [4.78, 5) is 21.4. The van der Waals surface area contributed by atoms with E-state index < -0.39 is 53.7 Å². The minimum Gasteiger partial charge on any atom is -0.384 e. The number of hydrogen-bond donors (Lipinski definition) is 3. The number of alkyl halides is 3. The Kier molecular flexibility index (Phi) is 7.76. The fourth-order valence-electron chi connectivity index (χ4n) is 4.77. The number of hydrogen-bond acceptors (Lipinski definition) is 4. The molecule has 4 N–H and O–H groups in total. The van der Waals surface area contributed by atoms with Crippen LogP contribution in [0.1, 0.15) is 53.1 Å². The second-order valence-electron chi connectivity index (χ2n) is 10.0. The van der Waals surface area contributed by atoms with Crippen LogP contribution >= 0.6 is 0 Å². The molecule has 0 bridgehead atoms. The van der Waals surface area contributed by atoms with Gasteiger partial charge in [0.15, 0.2) is 5.69 Å². The number of amidine groups is 1. The number of nitrogen functional groups attached to an aromatic ring is 1. The lowest BCUT2D eigenvalue weighted by atomic mass is 9.94. The minimum atomic E-state index is -4.69. The van der Waals surface area contributed by atoms with Crippen molar-refractivity contribution in [2.75, 3.05) is 0 Å². The van der Waals surface area contributed by atoms with E-state index in [2.05, 4.69) is 15.3 Å². The van der Waals surface area contributed by atoms with Crippen LogP contribution < -0.4 is 11.1 Å². The second-order valence-corrected chi connectivity index (χ2v) is 10.0. The lowest BCUT2D eigenvalue weighted by molar-refractivity contribution is -0.141. The van der Waals surface area contributed by atoms with Crippen LogP contribution in [0.2, 0.25) is 0 Å². The fourth-order valence-corrected chi connectivity index (χ4v) is 4.77. The summed E-state index contributed by atoms with van der Waals surface area (Å²) in [6.07, 6.45) is -1.30. The summed E-state index contributed by atoms with van der Waals surface area (Å²) < 4.78 is 83.6. The van der Waals surface area contributed by atoms with Gasteiger partial charge in [0.25, 0.3) is 0 Å². The molecular formula is C29H24F6N6O. The molecule has 1 saturated carbocycles. The molecule has 2 heterocycles. The van der Waals surface area contributed by atoms with Gasteiger partial charge in [-0.3, -0.25) is 15.2 Å². The summed E-state index contributed by atoms with van der Waals surface area (Å²) in [5.41, 5.74) is 5.47. The van der Waals surface area contributed by atoms with Crippen LogP contribution in [0.5, 0.6) is 0 Å². The zero-order valence-electron chi connectivity index (χ0n) is 21.9. The number of nitrogens with two attached hydrogens (primary N) is 1. The standard InChI is InChI=1S/C29H24F6N6O/c30-18-8-15(9-19(31)12-18)10-23(26-20(2-1-7-38-26)17-5-6-22(32)21(11-17)27(36)37)39-25(42)14-41-13-24(29(33,34)35)40-28(41)16-3-4-16/h1-2,5-9,11-13,16,23H,3-4,10,14H2,(H3,36,37)(H,39,42)/t23-/m0/s1. The molecule has 2 aromatic heterocycles. The van der Waals surface area contributed by atoms with Crippen molar-refractivity contribution < 1.29 is 31.1 Å². The van der Waals surface area contributed by atoms with E-state index in [0.29, 0.717) is 30.0 Å². The average Bonchev–Trinajstić information content (AvgIpc) is 3.66. The normalized spacial score (nSPS) is 14.0. The van der Waals surface area contributed by atoms with Crippen molar-refractivity contribution >= 4 is 11.7 Å². The van der Waals surface area contributed by atoms with Crippen LogP contribution in [0.4, 0.5) is 26.3 Å². The SMILES string of the molecule is N=C(N)c1cc(-c2cccnc2[C@H](Cc2cc(F)cc(F)c2)NC(=O)Cn2cc(C(F)(F)F)nc2C2CC2)ccc1F. The molecule has 218 valence electrons. The topological polar surface area (TPSA) is 110 Å². The van der Waals surface area contributed by atoms with Crippen molar-refractivity contribution in [1.82, 2.24) is 19.9 Å². The number of pyridine rings is 1. The molecule has 4 aromatic rings. The zero-order valence-corrected chi connectivity index (χ0v) is 21.9. The van der Waals surface area contributed by atoms with Gasteiger partial charge in [-0.15, -0.1) is 0 Å². The maximum atomic E-state index is 14.3. The van der Waals surface area contributed by atoms with Crippen LogP contribution in [-0.2, 0) is 23.9 Å². The number of rotatable bonds is 9. The van der Waals surface area contributed by atoms with E-state index in [1.54, 1.807) is 12.1 Å². The largest absolute Gasteiger partial charge is 0.434 e. The van der Waals surface area contributed by atoms with E-state index in [-0.39, 0.29) is 35.0 Å². The van der Waals surface area contributed by atoms with Gasteiger partial charge in [-0.05, 0) is 60.7 Å². The Bertz CT molecular complexity index is 1640. The van der Waals surface area contributed by atoms with Gasteiger partial charge in [0.05, 0.1) is 17.3 Å². The Balaban J connectivity index is 1.51. The third kappa shape index (κ3) is 6.45. The number of carbonyl (C=O) groups is 1. The molecule has 1 fully saturated rings. The summed E-state index contributed by atoms with van der Waals surface area (Å²) in [6.45, 7) is -0.490. The van der Waals surface area contributed by atoms with Crippen molar-refractivity contribution in [2.24, 2.45) is 5.73 Å². The quantitative estimate of drug-likeness (QED) is 0.134. The Labute approximate surface area is 235 Å². The maximum Gasteiger partial charge on any atom is 0.434 e. The summed E-state index contributed by atoms with van der Waals surface area (Å²) in [5, 5.41) is 10.4. The number of halogens is 6. The highest BCUT2D eigenvalue weighted by molar-refractivity contribution is 5.96. The van der Waals surface area contributed by atoms with Gasteiger partial charge < -0.3 is 15.6 Å². The number of benzene rings is 2. The number of aromatic nitrogens is 3. The monoisotopic (exact) mass is 586 g/mol. The maximum absolute atomic E-state index is 14.3. The molecule has 1 atom stereocenters. The van der Waals surface area contributed by atoms with Crippen molar-refractivity contribution in [3.8, 4) is 11.1 Å². The van der Waals surface area contributed by atoms with Gasteiger partial charge in [0.1, 0.15) is 35.7 Å². The average molecular weight is 587 g/mol. The van der Waals surface area contributed by atoms with Gasteiger partial charge in [0, 0.05) is 29.9 Å². The predicted molar refractivity (Wildman–Crippen MR) is 141 cm³/mol. The van der Waals surface area contributed by atoms with Crippen LogP contribution in [0.25, 0.3) is 11.1 Å². The number of imidazole rings is 1. The van der Waals surface area contributed by atoms with Crippen LogP contribution in [0.15, 0.2) is 60.9 Å². The van der Waals surface area contributed by atoms with E-state index >= 15 is 0 Å². The molecule has 2 aromatic carbocycles. The number of amides is 1. The highest BCUT2D eigenvalue weighted by Gasteiger charge is 2.38. The molecule has 0 radical (unpaired) electrons. The zero-order chi connectivity index (χ0) is 30.2. The Morgan fingerprint density at radius 3 is 2.45 bits per heavy atom. The smallest absolute Gasteiger partial charge is 0.384 e. The lowest BCUT2D eigenvalue weighted by Gasteiger charge is -2.22. The molecule has 0 spiro atoms. The summed E-state index contributed by atoms with van der Waals surface area (Å²) in [5.74, 6) is -3.63. The lowest BCUT2D eigenvalue weighted by Crippen LogP contribution is -2.34. The van der Waals surface area contributed by atoms with Gasteiger partial charge >= 0.3 is 6.18 Å². The van der Waals surface area contributed by atoms with Crippen LogP contribution in [0.3, 0.4) is 0 Å². The van der Waals surface area contributed by atoms with Gasteiger partial charge in [-0.25, -0.2) is 18.2 Å². The first-order valence-electron chi connectivity index (χ1n) is 12.9. The van der Waals surface area contributed by atoms with E-state index in [9.17, 15) is 31.1 Å². The summed E-state index contributed by atoms with van der Waals surface area (Å²) in [7, 11) is 0. The van der Waals surface area contributed by atoms with Crippen molar-refractivity contribution in [1.29, 1.82) is 5.41 Å². The molecule has 0 aliphatic heterocycles. The van der Waals surface area contributed by atoms with Gasteiger partial charge in [-0.2, -0.15) is 13.2 Å². The van der Waals surface area contributed by atoms with E-state index in [1.807, 2.05) is 0 Å². The molecule has 42 heavy (non-hydrogen) atoms. The molecule has 7 nitrogen and oxygen atoms in total. The predicted octanol–water partition coefficient (Wildman–Crippen LogP) is 5.64. The van der Waals surface area contributed by atoms with Crippen molar-refractivity contribution in [3.63, 3.8) is 0 Å². The third-order valence-corrected chi connectivity index (χ3v) is 6.79. The van der Waals surface area contributed by atoms with Gasteiger partial charge in [0.2, 0.25) is 5.91 Å². The minimum absolute atomic E-state index is 0.140. The number of nitrogens with one attached hydrogen (secondary N) is 2. The molecule has 1 amide bonds. The first-order chi connectivity index (χ1) is 19.9. The third-order valence-electron chi connectivity index (χ3n) is 6.79. The molecule has 5 rings (SSSR count). The summed E-state index contributed by atoms with van der Waals surface area (Å²) in [6, 6.07) is 8.96. The van der Waals surface area contributed by atoms with E-state index in [4.69, 9.17) is 11.1 Å². The molecular weight excluding hydrogens is 562 g/mol. The van der Waals surface area contributed by atoms with Crippen molar-refractivity contribution in [2.45, 2.75) is 43.9 Å². The summed E-state index contributed by atoms with van der Waals surface area (Å²) >= 11 is 0. The Hall–Kier alpha value is -4.68. The fraction of sp³-hybridized carbons (Fsp3) is 0.241. The highest BCUT2D eigenvalue weighted by Crippen LogP contribution is 2.41. The van der Waals surface area contributed by atoms with E-state index in [0.717, 1.165) is 29.0 Å². The number of carbonyl (C=O) groups excluding carboxylic acids is 1. The molecule has 13 heteroatoms. The first-order valence-corrected chi connectivity index (χ1v) is 12.9. The van der Waals surface area contributed by atoms with Crippen LogP contribution in [-0.4, -0.2) is 26.3 Å².